The monoisotopic (exact) mass is 403 g/mol. The van der Waals surface area contributed by atoms with Crippen molar-refractivity contribution in [1.82, 2.24) is 4.98 Å². The number of hydrogen-bond acceptors (Lipinski definition) is 4. The Balaban J connectivity index is 1.43. The first-order valence-corrected chi connectivity index (χ1v) is 9.83. The summed E-state index contributed by atoms with van der Waals surface area (Å²) in [6.07, 6.45) is 7.93. The van der Waals surface area contributed by atoms with E-state index >= 15 is 0 Å². The molecule has 0 aliphatic carbocycles. The van der Waals surface area contributed by atoms with Crippen molar-refractivity contribution in [3.05, 3.63) is 77.7 Å². The summed E-state index contributed by atoms with van der Waals surface area (Å²) in [5, 5.41) is 0. The van der Waals surface area contributed by atoms with E-state index in [1.807, 2.05) is 43.3 Å². The van der Waals surface area contributed by atoms with Crippen LogP contribution in [0.2, 0.25) is 0 Å². The molecule has 0 saturated carbocycles. The van der Waals surface area contributed by atoms with Crippen LogP contribution in [0.1, 0.15) is 31.0 Å². The predicted molar refractivity (Wildman–Crippen MR) is 112 cm³/mol. The molecular weight excluding hydrogens is 381 g/mol. The van der Waals surface area contributed by atoms with E-state index in [1.54, 1.807) is 12.1 Å². The summed E-state index contributed by atoms with van der Waals surface area (Å²) < 4.78 is 30.6. The Morgan fingerprint density at radius 1 is 1.10 bits per heavy atom. The van der Waals surface area contributed by atoms with Crippen LogP contribution in [0.3, 0.4) is 0 Å². The summed E-state index contributed by atoms with van der Waals surface area (Å²) in [5.74, 6) is 4.84. The second-order valence-electron chi connectivity index (χ2n) is 7.43. The molecule has 0 N–H and O–H groups in total. The smallest absolute Gasteiger partial charge is 0.231 e. The van der Waals surface area contributed by atoms with Crippen molar-refractivity contribution in [2.75, 3.05) is 6.79 Å². The maximum absolute atomic E-state index is 14.1. The number of ether oxygens (including phenoxy) is 3. The van der Waals surface area contributed by atoms with Gasteiger partial charge in [0.1, 0.15) is 11.6 Å². The van der Waals surface area contributed by atoms with Gasteiger partial charge in [-0.25, -0.2) is 9.37 Å². The minimum Gasteiger partial charge on any atom is -0.454 e. The molecule has 3 aromatic rings. The number of halogens is 1. The molecular formula is C25H22FNO3. The average molecular weight is 403 g/mol. The molecule has 152 valence electrons. The van der Waals surface area contributed by atoms with Gasteiger partial charge in [0, 0.05) is 11.8 Å². The Labute approximate surface area is 175 Å². The van der Waals surface area contributed by atoms with Crippen molar-refractivity contribution >= 4 is 0 Å². The minimum absolute atomic E-state index is 0.226. The van der Waals surface area contributed by atoms with E-state index in [4.69, 9.17) is 20.6 Å². The molecule has 0 amide bonds. The highest BCUT2D eigenvalue weighted by atomic mass is 19.1. The first-order chi connectivity index (χ1) is 14.6. The standard InChI is InChI=1S/C25H22FNO3/c1-3-25(2,18-11-12-22-23(14-18)29-17-28-22)13-7-8-20-15-19(26)16-24(27-20)30-21-9-5-4-6-10-21/h1,4-6,9-12,14-16H,7-8,13,17H2,2H3. The summed E-state index contributed by atoms with van der Waals surface area (Å²) in [6.45, 7) is 2.25. The molecule has 0 spiro atoms. The van der Waals surface area contributed by atoms with E-state index in [-0.39, 0.29) is 18.5 Å². The first-order valence-electron chi connectivity index (χ1n) is 9.83. The predicted octanol–water partition coefficient (Wildman–Crippen LogP) is 5.66. The summed E-state index contributed by atoms with van der Waals surface area (Å²) in [5.41, 5.74) is 1.15. The van der Waals surface area contributed by atoms with Gasteiger partial charge in [-0.15, -0.1) is 6.42 Å². The van der Waals surface area contributed by atoms with Gasteiger partial charge in [-0.05, 0) is 62.1 Å². The highest BCUT2D eigenvalue weighted by molar-refractivity contribution is 5.48. The maximum Gasteiger partial charge on any atom is 0.231 e. The van der Waals surface area contributed by atoms with Crippen LogP contribution in [0.25, 0.3) is 0 Å². The largest absolute Gasteiger partial charge is 0.454 e. The highest BCUT2D eigenvalue weighted by Gasteiger charge is 2.26. The van der Waals surface area contributed by atoms with Crippen molar-refractivity contribution in [3.63, 3.8) is 0 Å². The number of rotatable bonds is 7. The van der Waals surface area contributed by atoms with Crippen LogP contribution in [0.5, 0.6) is 23.1 Å². The third-order valence-corrected chi connectivity index (χ3v) is 5.22. The molecule has 1 atom stereocenters. The van der Waals surface area contributed by atoms with E-state index in [2.05, 4.69) is 10.9 Å². The summed E-state index contributed by atoms with van der Waals surface area (Å²) in [4.78, 5) is 4.44. The summed E-state index contributed by atoms with van der Waals surface area (Å²) >= 11 is 0. The quantitative estimate of drug-likeness (QED) is 0.478. The van der Waals surface area contributed by atoms with E-state index in [9.17, 15) is 4.39 Å². The van der Waals surface area contributed by atoms with Gasteiger partial charge in [0.2, 0.25) is 12.7 Å². The van der Waals surface area contributed by atoms with Crippen LogP contribution in [0.15, 0.2) is 60.7 Å². The second-order valence-corrected chi connectivity index (χ2v) is 7.43. The van der Waals surface area contributed by atoms with Crippen molar-refractivity contribution < 1.29 is 18.6 Å². The molecule has 0 fully saturated rings. The van der Waals surface area contributed by atoms with E-state index in [1.165, 1.54) is 12.1 Å². The van der Waals surface area contributed by atoms with Gasteiger partial charge in [0.25, 0.3) is 0 Å². The van der Waals surface area contributed by atoms with Crippen molar-refractivity contribution in [3.8, 4) is 35.5 Å². The zero-order valence-corrected chi connectivity index (χ0v) is 16.7. The number of aromatic nitrogens is 1. The lowest BCUT2D eigenvalue weighted by Gasteiger charge is -2.24. The minimum atomic E-state index is -0.475. The molecule has 1 aliphatic heterocycles. The lowest BCUT2D eigenvalue weighted by molar-refractivity contribution is 0.174. The molecule has 0 saturated heterocycles. The van der Waals surface area contributed by atoms with Crippen LogP contribution in [0, 0.1) is 18.2 Å². The van der Waals surface area contributed by atoms with Gasteiger partial charge in [0.15, 0.2) is 11.5 Å². The maximum atomic E-state index is 14.1. The summed E-state index contributed by atoms with van der Waals surface area (Å²) in [7, 11) is 0. The van der Waals surface area contributed by atoms with Crippen molar-refractivity contribution in [1.29, 1.82) is 0 Å². The number of terminal acetylenes is 1. The van der Waals surface area contributed by atoms with Gasteiger partial charge >= 0.3 is 0 Å². The number of aryl methyl sites for hydroxylation is 1. The fourth-order valence-corrected chi connectivity index (χ4v) is 3.48. The Morgan fingerprint density at radius 2 is 1.90 bits per heavy atom. The lowest BCUT2D eigenvalue weighted by atomic mass is 9.78. The Hall–Kier alpha value is -3.52. The van der Waals surface area contributed by atoms with E-state index in [0.717, 1.165) is 24.2 Å². The topological polar surface area (TPSA) is 40.6 Å². The normalized spacial score (nSPS) is 14.0. The zero-order valence-electron chi connectivity index (χ0n) is 16.7. The molecule has 5 heteroatoms. The van der Waals surface area contributed by atoms with E-state index < -0.39 is 5.41 Å². The van der Waals surface area contributed by atoms with Crippen LogP contribution in [-0.2, 0) is 11.8 Å². The fraction of sp³-hybridized carbons (Fsp3) is 0.240. The third-order valence-electron chi connectivity index (χ3n) is 5.22. The molecule has 4 nitrogen and oxygen atoms in total. The number of hydrogen-bond donors (Lipinski definition) is 0. The first kappa shape index (κ1) is 19.8. The fourth-order valence-electron chi connectivity index (χ4n) is 3.48. The molecule has 1 unspecified atom stereocenters. The van der Waals surface area contributed by atoms with Gasteiger partial charge in [-0.3, -0.25) is 0 Å². The van der Waals surface area contributed by atoms with Gasteiger partial charge in [0.05, 0.1) is 5.41 Å². The zero-order chi connectivity index (χ0) is 21.0. The van der Waals surface area contributed by atoms with Gasteiger partial charge in [-0.2, -0.15) is 0 Å². The molecule has 0 bridgehead atoms. The Kier molecular flexibility index (Phi) is 5.58. The molecule has 1 aromatic heterocycles. The number of fused-ring (bicyclic) bond motifs is 1. The van der Waals surface area contributed by atoms with Crippen molar-refractivity contribution in [2.45, 2.75) is 31.6 Å². The number of benzene rings is 2. The Bertz CT molecular complexity index is 1080. The van der Waals surface area contributed by atoms with Crippen LogP contribution >= 0.6 is 0 Å². The number of para-hydroxylation sites is 1. The van der Waals surface area contributed by atoms with Crippen molar-refractivity contribution in [2.24, 2.45) is 0 Å². The number of nitrogens with zero attached hydrogens (tertiary/aromatic N) is 1. The Morgan fingerprint density at radius 3 is 2.70 bits per heavy atom. The van der Waals surface area contributed by atoms with Crippen LogP contribution in [0.4, 0.5) is 4.39 Å². The molecule has 1 aliphatic rings. The number of pyridine rings is 1. The molecule has 2 aromatic carbocycles. The molecule has 2 heterocycles. The van der Waals surface area contributed by atoms with Crippen LogP contribution in [-0.4, -0.2) is 11.8 Å². The van der Waals surface area contributed by atoms with Crippen LogP contribution < -0.4 is 14.2 Å². The second kappa shape index (κ2) is 8.46. The third kappa shape index (κ3) is 4.38. The SMILES string of the molecule is C#CC(C)(CCCc1cc(F)cc(Oc2ccccc2)n1)c1ccc2c(c1)OCO2. The molecule has 30 heavy (non-hydrogen) atoms. The van der Waals surface area contributed by atoms with Gasteiger partial charge < -0.3 is 14.2 Å². The van der Waals surface area contributed by atoms with E-state index in [0.29, 0.717) is 23.6 Å². The molecule has 0 radical (unpaired) electrons. The van der Waals surface area contributed by atoms with Gasteiger partial charge in [-0.1, -0.05) is 30.2 Å². The highest BCUT2D eigenvalue weighted by Crippen LogP contribution is 2.38. The average Bonchev–Trinajstić information content (AvgIpc) is 3.22. The summed E-state index contributed by atoms with van der Waals surface area (Å²) in [6, 6.07) is 17.7. The lowest BCUT2D eigenvalue weighted by Crippen LogP contribution is -2.19. The molecule has 4 rings (SSSR count).